The molecule has 37 heavy (non-hydrogen) atoms. The Morgan fingerprint density at radius 1 is 0.919 bits per heavy atom. The molecule has 0 saturated heterocycles. The molecular formula is C24H39N7O6. The number of rotatable bonds is 15. The van der Waals surface area contributed by atoms with Crippen LogP contribution in [0.25, 0.3) is 0 Å². The average molecular weight is 522 g/mol. The number of hydrogen-bond donors (Lipinski definition) is 8. The summed E-state index contributed by atoms with van der Waals surface area (Å²) in [6.07, 6.45) is -0.672. The highest BCUT2D eigenvalue weighted by atomic mass is 16.4. The van der Waals surface area contributed by atoms with Crippen molar-refractivity contribution in [1.82, 2.24) is 16.0 Å². The number of aliphatic hydroxyl groups is 1. The lowest BCUT2D eigenvalue weighted by Gasteiger charge is -2.27. The molecule has 13 nitrogen and oxygen atoms in total. The molecule has 0 spiro atoms. The summed E-state index contributed by atoms with van der Waals surface area (Å²) in [6, 6.07) is 4.13. The highest BCUT2D eigenvalue weighted by molar-refractivity contribution is 5.94. The van der Waals surface area contributed by atoms with Crippen LogP contribution in [0.1, 0.15) is 39.2 Å². The summed E-state index contributed by atoms with van der Waals surface area (Å²) in [6.45, 7) is 4.91. The monoisotopic (exact) mass is 521 g/mol. The van der Waals surface area contributed by atoms with Crippen LogP contribution in [-0.2, 0) is 25.6 Å². The molecule has 0 radical (unpaired) electrons. The van der Waals surface area contributed by atoms with Gasteiger partial charge in [0.25, 0.3) is 0 Å². The van der Waals surface area contributed by atoms with E-state index in [-0.39, 0.29) is 25.3 Å². The van der Waals surface area contributed by atoms with Gasteiger partial charge in [0.1, 0.15) is 24.2 Å². The Morgan fingerprint density at radius 3 is 2.03 bits per heavy atom. The summed E-state index contributed by atoms with van der Waals surface area (Å²) in [5, 5.41) is 26.8. The first-order valence-electron chi connectivity index (χ1n) is 12.0. The van der Waals surface area contributed by atoms with Gasteiger partial charge in [0.2, 0.25) is 17.7 Å². The lowest BCUT2D eigenvalue weighted by molar-refractivity contribution is -0.142. The highest BCUT2D eigenvalue weighted by Crippen LogP contribution is 2.08. The molecule has 1 aromatic rings. The number of aliphatic hydroxyl groups excluding tert-OH is 1. The third-order valence-corrected chi connectivity index (χ3v) is 5.54. The zero-order chi connectivity index (χ0) is 28.1. The highest BCUT2D eigenvalue weighted by Gasteiger charge is 2.32. The molecule has 11 N–H and O–H groups in total. The van der Waals surface area contributed by atoms with Crippen LogP contribution in [0.4, 0.5) is 0 Å². The zero-order valence-corrected chi connectivity index (χ0v) is 21.4. The summed E-state index contributed by atoms with van der Waals surface area (Å²) in [7, 11) is 0. The van der Waals surface area contributed by atoms with Gasteiger partial charge in [0, 0.05) is 13.0 Å². The molecule has 5 atom stereocenters. The summed E-state index contributed by atoms with van der Waals surface area (Å²) < 4.78 is 0. The van der Waals surface area contributed by atoms with Gasteiger partial charge in [-0.25, -0.2) is 4.79 Å². The number of nitrogens with one attached hydrogen (secondary N) is 3. The van der Waals surface area contributed by atoms with E-state index >= 15 is 0 Å². The lowest BCUT2D eigenvalue weighted by Crippen LogP contribution is -2.59. The molecule has 1 rings (SSSR count). The number of aliphatic imine (C=N–C) groups is 1. The molecule has 13 heteroatoms. The van der Waals surface area contributed by atoms with Crippen molar-refractivity contribution in [1.29, 1.82) is 0 Å². The third-order valence-electron chi connectivity index (χ3n) is 5.54. The Kier molecular flexibility index (Phi) is 13.0. The maximum atomic E-state index is 13.1. The van der Waals surface area contributed by atoms with E-state index in [1.807, 2.05) is 0 Å². The Labute approximate surface area is 216 Å². The number of guanidine groups is 1. The first-order chi connectivity index (χ1) is 17.3. The van der Waals surface area contributed by atoms with E-state index < -0.39 is 59.9 Å². The smallest absolute Gasteiger partial charge is 0.326 e. The number of carbonyl (C=O) groups excluding carboxylic acids is 3. The van der Waals surface area contributed by atoms with Gasteiger partial charge >= 0.3 is 5.97 Å². The fourth-order valence-corrected chi connectivity index (χ4v) is 3.36. The Morgan fingerprint density at radius 2 is 1.51 bits per heavy atom. The van der Waals surface area contributed by atoms with E-state index in [2.05, 4.69) is 20.9 Å². The zero-order valence-electron chi connectivity index (χ0n) is 21.4. The Bertz CT molecular complexity index is 935. The predicted octanol–water partition coefficient (Wildman–Crippen LogP) is -1.81. The fraction of sp³-hybridized carbons (Fsp3) is 0.542. The first kappa shape index (κ1) is 31.3. The number of nitrogens with zero attached hydrogens (tertiary/aromatic N) is 1. The second-order valence-electron chi connectivity index (χ2n) is 9.10. The SMILES string of the molecule is CC(C)C(NC(=O)C(CCCN=C(N)N)NC(=O)C(N)C(C)O)C(=O)NC(Cc1ccccc1)C(=O)O. The van der Waals surface area contributed by atoms with Crippen LogP contribution in [0.5, 0.6) is 0 Å². The molecule has 206 valence electrons. The fourth-order valence-electron chi connectivity index (χ4n) is 3.36. The molecule has 0 aliphatic carbocycles. The van der Waals surface area contributed by atoms with E-state index in [0.29, 0.717) is 6.42 Å². The minimum absolute atomic E-state index is 0.0569. The Balaban J connectivity index is 2.99. The molecule has 3 amide bonds. The van der Waals surface area contributed by atoms with Gasteiger partial charge in [-0.2, -0.15) is 0 Å². The summed E-state index contributed by atoms with van der Waals surface area (Å²) in [4.78, 5) is 54.2. The third kappa shape index (κ3) is 11.3. The van der Waals surface area contributed by atoms with Crippen LogP contribution in [0, 0.1) is 5.92 Å². The molecule has 0 saturated carbocycles. The van der Waals surface area contributed by atoms with Gasteiger partial charge in [-0.3, -0.25) is 19.4 Å². The van der Waals surface area contributed by atoms with Crippen molar-refractivity contribution in [3.05, 3.63) is 35.9 Å². The van der Waals surface area contributed by atoms with Gasteiger partial charge in [-0.15, -0.1) is 0 Å². The standard InChI is InChI=1S/C24H39N7O6/c1-13(2)19(22(35)30-17(23(36)37)12-15-8-5-4-6-9-15)31-20(33)16(10-7-11-28-24(26)27)29-21(34)18(25)14(3)32/h4-6,8-9,13-14,16-19,32H,7,10-12,25H2,1-3H3,(H,29,34)(H,30,35)(H,31,33)(H,36,37)(H4,26,27,28). The van der Waals surface area contributed by atoms with Crippen molar-refractivity contribution in [3.63, 3.8) is 0 Å². The van der Waals surface area contributed by atoms with Crippen LogP contribution >= 0.6 is 0 Å². The van der Waals surface area contributed by atoms with Crippen molar-refractivity contribution in [3.8, 4) is 0 Å². The van der Waals surface area contributed by atoms with E-state index in [9.17, 15) is 29.4 Å². The molecule has 0 aliphatic rings. The molecule has 5 unspecified atom stereocenters. The van der Waals surface area contributed by atoms with Gasteiger partial charge in [0.15, 0.2) is 5.96 Å². The molecule has 1 aromatic carbocycles. The normalized spacial score (nSPS) is 15.0. The number of hydrogen-bond acceptors (Lipinski definition) is 7. The molecule has 0 aliphatic heterocycles. The summed E-state index contributed by atoms with van der Waals surface area (Å²) >= 11 is 0. The van der Waals surface area contributed by atoms with E-state index in [4.69, 9.17) is 17.2 Å². The minimum Gasteiger partial charge on any atom is -0.480 e. The quantitative estimate of drug-likeness (QED) is 0.0736. The van der Waals surface area contributed by atoms with Crippen LogP contribution in [-0.4, -0.2) is 76.7 Å². The van der Waals surface area contributed by atoms with Crippen LogP contribution in [0.3, 0.4) is 0 Å². The lowest BCUT2D eigenvalue weighted by atomic mass is 10.00. The second kappa shape index (κ2) is 15.4. The number of amides is 3. The van der Waals surface area contributed by atoms with Crippen LogP contribution < -0.4 is 33.2 Å². The molecule has 0 bridgehead atoms. The summed E-state index contributed by atoms with van der Waals surface area (Å²) in [5.74, 6) is -3.87. The van der Waals surface area contributed by atoms with Crippen molar-refractivity contribution in [2.75, 3.05) is 6.54 Å². The largest absolute Gasteiger partial charge is 0.480 e. The maximum Gasteiger partial charge on any atom is 0.326 e. The number of nitrogens with two attached hydrogens (primary N) is 3. The predicted molar refractivity (Wildman–Crippen MR) is 138 cm³/mol. The summed E-state index contributed by atoms with van der Waals surface area (Å²) in [5.41, 5.74) is 17.0. The van der Waals surface area contributed by atoms with E-state index in [0.717, 1.165) is 5.56 Å². The van der Waals surface area contributed by atoms with Crippen LogP contribution in [0.15, 0.2) is 35.3 Å². The van der Waals surface area contributed by atoms with Crippen molar-refractivity contribution in [2.45, 2.75) is 70.3 Å². The molecule has 0 fully saturated rings. The van der Waals surface area contributed by atoms with Crippen molar-refractivity contribution < 1.29 is 29.4 Å². The van der Waals surface area contributed by atoms with Crippen molar-refractivity contribution >= 4 is 29.7 Å². The van der Waals surface area contributed by atoms with Crippen LogP contribution in [0.2, 0.25) is 0 Å². The number of carboxylic acids is 1. The van der Waals surface area contributed by atoms with Gasteiger partial charge in [-0.05, 0) is 31.2 Å². The number of carboxylic acid groups (broad SMARTS) is 1. The van der Waals surface area contributed by atoms with Gasteiger partial charge in [0.05, 0.1) is 6.10 Å². The number of benzene rings is 1. The maximum absolute atomic E-state index is 13.1. The van der Waals surface area contributed by atoms with Gasteiger partial charge in [-0.1, -0.05) is 44.2 Å². The van der Waals surface area contributed by atoms with E-state index in [1.165, 1.54) is 6.92 Å². The number of carbonyl (C=O) groups is 4. The first-order valence-corrected chi connectivity index (χ1v) is 12.0. The second-order valence-corrected chi connectivity index (χ2v) is 9.10. The topological polar surface area (TPSA) is 235 Å². The Hall–Kier alpha value is -3.71. The minimum atomic E-state index is -1.27. The average Bonchev–Trinajstić information content (AvgIpc) is 2.83. The van der Waals surface area contributed by atoms with Crippen molar-refractivity contribution in [2.24, 2.45) is 28.1 Å². The number of aliphatic carboxylic acids is 1. The molecular weight excluding hydrogens is 482 g/mol. The van der Waals surface area contributed by atoms with E-state index in [1.54, 1.807) is 44.2 Å². The molecule has 0 heterocycles. The molecule has 0 aromatic heterocycles. The van der Waals surface area contributed by atoms with Gasteiger partial charge < -0.3 is 43.4 Å².